The van der Waals surface area contributed by atoms with E-state index in [-0.39, 0.29) is 5.91 Å². The number of amides is 1. The maximum atomic E-state index is 12.6. The molecule has 2 aromatic rings. The first-order chi connectivity index (χ1) is 20.5. The quantitative estimate of drug-likeness (QED) is 0.283. The Morgan fingerprint density at radius 2 is 1.30 bits per heavy atom. The number of likely N-dealkylation sites (N-methyl/N-ethyl adjacent to an activating group) is 1. The van der Waals surface area contributed by atoms with Crippen LogP contribution in [0.2, 0.25) is 0 Å². The molecule has 12 heteroatoms. The summed E-state index contributed by atoms with van der Waals surface area (Å²) in [6.45, 7) is 4.46. The Balaban J connectivity index is 0.000000334. The van der Waals surface area contributed by atoms with E-state index in [2.05, 4.69) is 64.6 Å². The van der Waals surface area contributed by atoms with Crippen LogP contribution in [0.25, 0.3) is 0 Å². The Kier molecular flexibility index (Phi) is 14.3. The van der Waals surface area contributed by atoms with Crippen LogP contribution in [0.15, 0.2) is 72.8 Å². The lowest BCUT2D eigenvalue weighted by Gasteiger charge is -2.34. The smallest absolute Gasteiger partial charge is 0.328 e. The summed E-state index contributed by atoms with van der Waals surface area (Å²) in [5, 5.41) is 34.5. The molecule has 0 saturated carbocycles. The maximum Gasteiger partial charge on any atom is 0.328 e. The highest BCUT2D eigenvalue weighted by Gasteiger charge is 2.27. The van der Waals surface area contributed by atoms with Gasteiger partial charge in [-0.05, 0) is 55.7 Å². The molecule has 1 atom stereocenters. The van der Waals surface area contributed by atoms with Gasteiger partial charge in [0.2, 0.25) is 5.91 Å². The summed E-state index contributed by atoms with van der Waals surface area (Å²) in [4.78, 5) is 55.5. The molecule has 1 amide bonds. The highest BCUT2D eigenvalue weighted by atomic mass is 16.4. The summed E-state index contributed by atoms with van der Waals surface area (Å²) < 4.78 is 0. The van der Waals surface area contributed by atoms with E-state index < -0.39 is 23.9 Å². The molecule has 2 aliphatic heterocycles. The molecule has 0 aromatic heterocycles. The zero-order valence-corrected chi connectivity index (χ0v) is 23.9. The molecule has 43 heavy (non-hydrogen) atoms. The number of aliphatic carboxylic acids is 4. The number of hydrogen-bond acceptors (Lipinski definition) is 7. The van der Waals surface area contributed by atoms with Crippen molar-refractivity contribution in [2.24, 2.45) is 0 Å². The van der Waals surface area contributed by atoms with Gasteiger partial charge in [-0.25, -0.2) is 19.2 Å². The highest BCUT2D eigenvalue weighted by molar-refractivity contribution is 5.93. The standard InChI is InChI=1S/C23H29N3O.2C4H4O4/c1-25-15-20(18-9-4-2-5-10-18)19-11-8-12-22(21(19)16-25)24-23(27)17-26-13-6-3-7-14-26;2*5-3(6)1-2-4(7)8/h2,4-5,8-12,20H,3,6-7,13-17H2,1H3,(H,24,27);2*1-2H,(H,5,6)(H,7,8)/b;2*2-1-. The van der Waals surface area contributed by atoms with Crippen molar-refractivity contribution >= 4 is 35.5 Å². The minimum Gasteiger partial charge on any atom is -0.478 e. The van der Waals surface area contributed by atoms with Crippen molar-refractivity contribution < 1.29 is 44.4 Å². The van der Waals surface area contributed by atoms with Crippen LogP contribution in [0.5, 0.6) is 0 Å². The van der Waals surface area contributed by atoms with Crippen molar-refractivity contribution in [2.75, 3.05) is 38.5 Å². The van der Waals surface area contributed by atoms with Crippen LogP contribution in [0.1, 0.15) is 41.9 Å². The van der Waals surface area contributed by atoms with E-state index in [0.29, 0.717) is 36.8 Å². The number of nitrogens with zero attached hydrogens (tertiary/aromatic N) is 2. The van der Waals surface area contributed by atoms with Crippen LogP contribution < -0.4 is 5.32 Å². The van der Waals surface area contributed by atoms with E-state index in [9.17, 15) is 24.0 Å². The Morgan fingerprint density at radius 1 is 0.767 bits per heavy atom. The van der Waals surface area contributed by atoms with Crippen LogP contribution in [0, 0.1) is 0 Å². The predicted octanol–water partition coefficient (Wildman–Crippen LogP) is 3.11. The molecule has 1 saturated heterocycles. The lowest BCUT2D eigenvalue weighted by atomic mass is 9.84. The summed E-state index contributed by atoms with van der Waals surface area (Å²) in [6, 6.07) is 17.0. The Morgan fingerprint density at radius 3 is 1.81 bits per heavy atom. The largest absolute Gasteiger partial charge is 0.478 e. The normalized spacial score (nSPS) is 16.6. The molecule has 2 heterocycles. The van der Waals surface area contributed by atoms with Gasteiger partial charge in [0.25, 0.3) is 0 Å². The third-order valence-corrected chi connectivity index (χ3v) is 6.54. The van der Waals surface area contributed by atoms with Gasteiger partial charge in [-0.1, -0.05) is 48.9 Å². The van der Waals surface area contributed by atoms with Crippen molar-refractivity contribution in [1.29, 1.82) is 0 Å². The molecule has 1 unspecified atom stereocenters. The van der Waals surface area contributed by atoms with Gasteiger partial charge >= 0.3 is 23.9 Å². The van der Waals surface area contributed by atoms with Gasteiger partial charge in [0, 0.05) is 49.0 Å². The zero-order chi connectivity index (χ0) is 31.8. The number of carboxylic acids is 4. The van der Waals surface area contributed by atoms with Crippen molar-refractivity contribution in [2.45, 2.75) is 31.7 Å². The van der Waals surface area contributed by atoms with Crippen molar-refractivity contribution in [3.63, 3.8) is 0 Å². The van der Waals surface area contributed by atoms with Crippen molar-refractivity contribution in [3.8, 4) is 0 Å². The number of anilines is 1. The average molecular weight is 596 g/mol. The fraction of sp³-hybridized carbons (Fsp3) is 0.323. The van der Waals surface area contributed by atoms with Crippen molar-refractivity contribution in [1.82, 2.24) is 9.80 Å². The fourth-order valence-electron chi connectivity index (χ4n) is 4.74. The third-order valence-electron chi connectivity index (χ3n) is 6.54. The predicted molar refractivity (Wildman–Crippen MR) is 159 cm³/mol. The molecule has 230 valence electrons. The van der Waals surface area contributed by atoms with Crippen LogP contribution >= 0.6 is 0 Å². The second-order valence-electron chi connectivity index (χ2n) is 9.94. The first-order valence-electron chi connectivity index (χ1n) is 13.6. The fourth-order valence-corrected chi connectivity index (χ4v) is 4.74. The van der Waals surface area contributed by atoms with Gasteiger partial charge in [-0.15, -0.1) is 0 Å². The van der Waals surface area contributed by atoms with Gasteiger partial charge in [-0.2, -0.15) is 0 Å². The molecule has 12 nitrogen and oxygen atoms in total. The second-order valence-corrected chi connectivity index (χ2v) is 9.94. The van der Waals surface area contributed by atoms with Crippen LogP contribution in [0.4, 0.5) is 5.69 Å². The molecule has 5 N–H and O–H groups in total. The molecule has 2 aliphatic rings. The summed E-state index contributed by atoms with van der Waals surface area (Å²) in [5.41, 5.74) is 4.91. The second kappa shape index (κ2) is 17.9. The number of carboxylic acid groups (broad SMARTS) is 4. The van der Waals surface area contributed by atoms with Gasteiger partial charge in [0.05, 0.1) is 6.54 Å². The summed E-state index contributed by atoms with van der Waals surface area (Å²) in [7, 11) is 2.16. The molecule has 0 spiro atoms. The SMILES string of the molecule is CN1Cc2c(NC(=O)CN3CCCCC3)cccc2C(c2ccccc2)C1.O=C(O)/C=C\C(=O)O.O=C(O)/C=C\C(=O)O. The van der Waals surface area contributed by atoms with Gasteiger partial charge in [0.15, 0.2) is 0 Å². The summed E-state index contributed by atoms with van der Waals surface area (Å²) in [5.74, 6) is -4.58. The van der Waals surface area contributed by atoms with E-state index >= 15 is 0 Å². The number of fused-ring (bicyclic) bond motifs is 1. The van der Waals surface area contributed by atoms with E-state index in [0.717, 1.165) is 31.9 Å². The first-order valence-corrected chi connectivity index (χ1v) is 13.6. The number of nitrogens with one attached hydrogen (secondary N) is 1. The third kappa shape index (κ3) is 13.1. The van der Waals surface area contributed by atoms with E-state index in [1.54, 1.807) is 0 Å². The molecule has 1 fully saturated rings. The molecule has 2 aromatic carbocycles. The van der Waals surface area contributed by atoms with Crippen LogP contribution in [-0.2, 0) is 30.5 Å². The van der Waals surface area contributed by atoms with E-state index in [1.807, 2.05) is 6.07 Å². The number of piperidine rings is 1. The number of hydrogen-bond donors (Lipinski definition) is 5. The number of likely N-dealkylation sites (tertiary alicyclic amines) is 1. The zero-order valence-electron chi connectivity index (χ0n) is 23.9. The monoisotopic (exact) mass is 595 g/mol. The highest BCUT2D eigenvalue weighted by Crippen LogP contribution is 2.36. The van der Waals surface area contributed by atoms with Crippen molar-refractivity contribution in [3.05, 3.63) is 89.5 Å². The van der Waals surface area contributed by atoms with Crippen LogP contribution in [-0.4, -0.2) is 93.2 Å². The molecular weight excluding hydrogens is 558 g/mol. The lowest BCUT2D eigenvalue weighted by molar-refractivity contribution is -0.134. The Labute approximate surface area is 249 Å². The van der Waals surface area contributed by atoms with Gasteiger partial charge < -0.3 is 30.6 Å². The number of carbonyl (C=O) groups is 5. The first kappa shape index (κ1) is 34.4. The van der Waals surface area contributed by atoms with Crippen LogP contribution in [0.3, 0.4) is 0 Å². The molecule has 0 bridgehead atoms. The number of carbonyl (C=O) groups excluding carboxylic acids is 1. The Bertz CT molecular complexity index is 1250. The minimum atomic E-state index is -1.26. The number of rotatable bonds is 8. The molecule has 4 rings (SSSR count). The molecule has 0 radical (unpaired) electrons. The summed E-state index contributed by atoms with van der Waals surface area (Å²) >= 11 is 0. The molecule has 0 aliphatic carbocycles. The van der Waals surface area contributed by atoms with E-state index in [4.69, 9.17) is 20.4 Å². The summed E-state index contributed by atoms with van der Waals surface area (Å²) in [6.07, 6.45) is 5.93. The van der Waals surface area contributed by atoms with Gasteiger partial charge in [0.1, 0.15) is 0 Å². The van der Waals surface area contributed by atoms with E-state index in [1.165, 1.54) is 36.0 Å². The average Bonchev–Trinajstić information content (AvgIpc) is 2.96. The minimum absolute atomic E-state index is 0.106. The molecular formula is C31H37N3O9. The van der Waals surface area contributed by atoms with Gasteiger partial charge in [-0.3, -0.25) is 9.69 Å². The number of benzene rings is 2. The lowest BCUT2D eigenvalue weighted by Crippen LogP contribution is -2.37. The maximum absolute atomic E-state index is 12.6. The topological polar surface area (TPSA) is 185 Å². The Hall–Kier alpha value is -4.81.